The van der Waals surface area contributed by atoms with Gasteiger partial charge in [0.25, 0.3) is 0 Å². The zero-order chi connectivity index (χ0) is 34.6. The molecule has 6 heteroatoms. The molecule has 254 valence electrons. The molecule has 3 heterocycles. The van der Waals surface area contributed by atoms with Gasteiger partial charge >= 0.3 is 0 Å². The molecule has 10 rings (SSSR count). The van der Waals surface area contributed by atoms with E-state index in [9.17, 15) is 5.26 Å². The van der Waals surface area contributed by atoms with E-state index in [2.05, 4.69) is 126 Å². The monoisotopic (exact) mass is 710 g/mol. The second-order valence-electron chi connectivity index (χ2n) is 14.4. The predicted octanol–water partition coefficient (Wildman–Crippen LogP) is 11.3. The van der Waals surface area contributed by atoms with Crippen LogP contribution in [0.1, 0.15) is 69.8 Å². The maximum absolute atomic E-state index is 9.50. The third-order valence-electron chi connectivity index (χ3n) is 11.2. The average molecular weight is 711 g/mol. The van der Waals surface area contributed by atoms with Gasteiger partial charge in [-0.2, -0.15) is 5.26 Å². The van der Waals surface area contributed by atoms with Crippen molar-refractivity contribution in [2.24, 2.45) is 10.9 Å². The Morgan fingerprint density at radius 2 is 1.69 bits per heavy atom. The lowest BCUT2D eigenvalue weighted by Crippen LogP contribution is -2.53. The fourth-order valence-corrected chi connectivity index (χ4v) is 10.8. The standard InChI is InChI=1S/C46H38N4S2/c47-27-28-14-16-30(17-15-28)45-48-44(29-8-2-1-3-9-29)49-46(50-45)35-23-33(31-18-20-42-38(25-31)36-10-4-6-12-40(36)51-42)22-34(24-35)32-19-21-43-39(26-32)37-11-5-7-13-41(37)52-43/h1-2,4-6,8,10-12,14-16,18-25,30,32,44,46,49H,3,7,9,13,17,26H2,(H,48,50). The number of amidine groups is 1. The summed E-state index contributed by atoms with van der Waals surface area (Å²) in [5.74, 6) is 1.35. The van der Waals surface area contributed by atoms with Crippen LogP contribution in [0.15, 0.2) is 125 Å². The topological polar surface area (TPSA) is 60.2 Å². The van der Waals surface area contributed by atoms with Gasteiger partial charge in [-0.25, -0.2) is 4.99 Å². The fourth-order valence-electron chi connectivity index (χ4n) is 8.43. The lowest BCUT2D eigenvalue weighted by atomic mass is 9.83. The molecule has 52 heavy (non-hydrogen) atoms. The Morgan fingerprint density at radius 3 is 2.58 bits per heavy atom. The number of thiophene rings is 2. The van der Waals surface area contributed by atoms with Crippen LogP contribution in [-0.4, -0.2) is 12.0 Å². The number of rotatable bonds is 5. The van der Waals surface area contributed by atoms with Crippen molar-refractivity contribution in [1.29, 1.82) is 5.26 Å². The highest BCUT2D eigenvalue weighted by Crippen LogP contribution is 2.43. The molecule has 0 saturated heterocycles. The number of allylic oxidation sites excluding steroid dienone is 8. The molecule has 0 spiro atoms. The first kappa shape index (κ1) is 31.7. The van der Waals surface area contributed by atoms with Crippen molar-refractivity contribution in [3.05, 3.63) is 152 Å². The maximum Gasteiger partial charge on any atom is 0.129 e. The fraction of sp³-hybridized carbons (Fsp3) is 0.217. The summed E-state index contributed by atoms with van der Waals surface area (Å²) in [6.07, 6.45) is 28.2. The van der Waals surface area contributed by atoms with Gasteiger partial charge in [0.15, 0.2) is 0 Å². The van der Waals surface area contributed by atoms with E-state index in [1.807, 2.05) is 34.8 Å². The van der Waals surface area contributed by atoms with E-state index < -0.39 is 0 Å². The summed E-state index contributed by atoms with van der Waals surface area (Å²) in [5, 5.41) is 19.8. The minimum absolute atomic E-state index is 0.0286. The normalized spacial score (nSPS) is 23.4. The molecule has 2 aromatic heterocycles. The first-order valence-electron chi connectivity index (χ1n) is 18.5. The first-order chi connectivity index (χ1) is 25.7. The zero-order valence-electron chi connectivity index (χ0n) is 28.8. The Balaban J connectivity index is 1.09. The number of nitrogens with one attached hydrogen (secondary N) is 2. The maximum atomic E-state index is 9.50. The summed E-state index contributed by atoms with van der Waals surface area (Å²) in [6, 6.07) is 25.3. The molecular weight excluding hydrogens is 673 g/mol. The molecule has 4 atom stereocenters. The number of benzene rings is 3. The van der Waals surface area contributed by atoms with Crippen LogP contribution in [0.3, 0.4) is 0 Å². The molecule has 0 amide bonds. The molecule has 0 radical (unpaired) electrons. The molecule has 2 N–H and O–H groups in total. The van der Waals surface area contributed by atoms with Gasteiger partial charge < -0.3 is 5.32 Å². The number of hydrogen-bond donors (Lipinski definition) is 2. The Kier molecular flexibility index (Phi) is 8.02. The van der Waals surface area contributed by atoms with Crippen LogP contribution < -0.4 is 10.6 Å². The second-order valence-corrected chi connectivity index (χ2v) is 16.7. The van der Waals surface area contributed by atoms with Crippen LogP contribution >= 0.6 is 22.7 Å². The minimum atomic E-state index is -0.229. The third-order valence-corrected chi connectivity index (χ3v) is 13.6. The van der Waals surface area contributed by atoms with Crippen molar-refractivity contribution in [3.8, 4) is 17.2 Å². The summed E-state index contributed by atoms with van der Waals surface area (Å²) in [4.78, 5) is 8.39. The molecular formula is C46H38N4S2. The Morgan fingerprint density at radius 1 is 0.808 bits per heavy atom. The van der Waals surface area contributed by atoms with Crippen molar-refractivity contribution in [1.82, 2.24) is 10.6 Å². The molecule has 5 aliphatic rings. The Labute approximate surface area is 312 Å². The van der Waals surface area contributed by atoms with Crippen LogP contribution in [0.2, 0.25) is 0 Å². The van der Waals surface area contributed by atoms with E-state index in [0.29, 0.717) is 0 Å². The van der Waals surface area contributed by atoms with Crippen molar-refractivity contribution < 1.29 is 0 Å². The number of aryl methyl sites for hydroxylation is 1. The van der Waals surface area contributed by atoms with Crippen LogP contribution in [-0.2, 0) is 12.8 Å². The van der Waals surface area contributed by atoms with Gasteiger partial charge in [0.05, 0.1) is 6.07 Å². The van der Waals surface area contributed by atoms with Gasteiger partial charge in [0, 0.05) is 47.3 Å². The summed E-state index contributed by atoms with van der Waals surface area (Å²) in [7, 11) is 0. The summed E-state index contributed by atoms with van der Waals surface area (Å²) < 4.78 is 2.65. The zero-order valence-corrected chi connectivity index (χ0v) is 30.4. The Hall–Kier alpha value is -5.06. The van der Waals surface area contributed by atoms with E-state index in [0.717, 1.165) is 49.9 Å². The van der Waals surface area contributed by atoms with Crippen molar-refractivity contribution >= 4 is 60.8 Å². The van der Waals surface area contributed by atoms with Gasteiger partial charge in [-0.1, -0.05) is 85.0 Å². The van der Waals surface area contributed by atoms with Gasteiger partial charge in [-0.15, -0.1) is 22.7 Å². The van der Waals surface area contributed by atoms with Gasteiger partial charge in [0.1, 0.15) is 18.2 Å². The summed E-state index contributed by atoms with van der Waals surface area (Å²) in [6.45, 7) is 0. The van der Waals surface area contributed by atoms with Crippen LogP contribution in [0.5, 0.6) is 0 Å². The van der Waals surface area contributed by atoms with E-state index in [4.69, 9.17) is 4.99 Å². The van der Waals surface area contributed by atoms with Crippen molar-refractivity contribution in [3.63, 3.8) is 0 Å². The highest BCUT2D eigenvalue weighted by molar-refractivity contribution is 7.25. The van der Waals surface area contributed by atoms with Crippen molar-refractivity contribution in [2.75, 3.05) is 0 Å². The minimum Gasteiger partial charge on any atom is -0.354 e. The molecule has 4 aliphatic carbocycles. The highest BCUT2D eigenvalue weighted by Gasteiger charge is 2.31. The van der Waals surface area contributed by atoms with E-state index >= 15 is 0 Å². The smallest absolute Gasteiger partial charge is 0.129 e. The number of nitrogens with zero attached hydrogens (tertiary/aromatic N) is 2. The molecule has 4 nitrogen and oxygen atoms in total. The van der Waals surface area contributed by atoms with E-state index in [1.54, 1.807) is 0 Å². The number of fused-ring (bicyclic) bond motifs is 6. The SMILES string of the molecule is N#CC1=CCC(C2=NC(c3cc(-c4ccc5sc6ccccc6c5c4)cc(C4C=Cc5sc6c(c5C4)C=CCC6)c3)NC(C3=CC=CCC3)N2)C=C1. The molecule has 0 fully saturated rings. The van der Waals surface area contributed by atoms with Crippen molar-refractivity contribution in [2.45, 2.75) is 56.8 Å². The summed E-state index contributed by atoms with van der Waals surface area (Å²) in [5.41, 5.74) is 10.0. The summed E-state index contributed by atoms with van der Waals surface area (Å²) >= 11 is 3.85. The van der Waals surface area contributed by atoms with E-state index in [-0.39, 0.29) is 24.2 Å². The quantitative estimate of drug-likeness (QED) is 0.191. The molecule has 0 saturated carbocycles. The lowest BCUT2D eigenvalue weighted by Gasteiger charge is -2.36. The van der Waals surface area contributed by atoms with Crippen LogP contribution in [0.4, 0.5) is 0 Å². The van der Waals surface area contributed by atoms with Gasteiger partial charge in [-0.3, -0.25) is 5.32 Å². The molecule has 4 unspecified atom stereocenters. The first-order valence-corrected chi connectivity index (χ1v) is 20.1. The molecule has 0 bridgehead atoms. The second kappa shape index (κ2) is 13.2. The largest absolute Gasteiger partial charge is 0.354 e. The lowest BCUT2D eigenvalue weighted by molar-refractivity contribution is 0.419. The van der Waals surface area contributed by atoms with E-state index in [1.165, 1.54) is 68.9 Å². The van der Waals surface area contributed by atoms with Gasteiger partial charge in [0.2, 0.25) is 0 Å². The average Bonchev–Trinajstić information content (AvgIpc) is 3.78. The number of aliphatic imine (C=N–C) groups is 1. The predicted molar refractivity (Wildman–Crippen MR) is 220 cm³/mol. The molecule has 1 aliphatic heterocycles. The third kappa shape index (κ3) is 5.74. The van der Waals surface area contributed by atoms with Crippen LogP contribution in [0.25, 0.3) is 43.5 Å². The van der Waals surface area contributed by atoms with Gasteiger partial charge in [-0.05, 0) is 114 Å². The van der Waals surface area contributed by atoms with Crippen LogP contribution in [0, 0.1) is 17.2 Å². The Bertz CT molecular complexity index is 2530. The number of hydrogen-bond acceptors (Lipinski definition) is 6. The highest BCUT2D eigenvalue weighted by atomic mass is 32.1. The number of nitriles is 1. The molecule has 3 aromatic carbocycles. The molecule has 5 aromatic rings.